The maximum atomic E-state index is 6.13. The predicted octanol–water partition coefficient (Wildman–Crippen LogP) is 3.27. The van der Waals surface area contributed by atoms with Crippen molar-refractivity contribution in [3.63, 3.8) is 0 Å². The molecule has 2 saturated heterocycles. The average Bonchev–Trinajstić information content (AvgIpc) is 2.89. The normalized spacial score (nSPS) is 28.6. The van der Waals surface area contributed by atoms with Crippen LogP contribution in [0.4, 0.5) is 0 Å². The Morgan fingerprint density at radius 1 is 1.43 bits per heavy atom. The number of benzene rings is 1. The highest BCUT2D eigenvalue weighted by Gasteiger charge is 2.37. The van der Waals surface area contributed by atoms with Crippen LogP contribution >= 0.6 is 27.5 Å². The first-order valence-corrected chi connectivity index (χ1v) is 8.92. The first-order valence-electron chi connectivity index (χ1n) is 7.75. The second-order valence-electron chi connectivity index (χ2n) is 6.25. The van der Waals surface area contributed by atoms with Crippen LogP contribution in [-0.4, -0.2) is 48.1 Å². The van der Waals surface area contributed by atoms with E-state index in [0.717, 1.165) is 22.6 Å². The zero-order chi connectivity index (χ0) is 15.0. The molecule has 1 aromatic carbocycles. The quantitative estimate of drug-likeness (QED) is 0.884. The summed E-state index contributed by atoms with van der Waals surface area (Å²) in [6.45, 7) is 6.50. The van der Waals surface area contributed by atoms with Gasteiger partial charge in [-0.05, 0) is 44.0 Å². The molecule has 0 aliphatic carbocycles. The van der Waals surface area contributed by atoms with Crippen LogP contribution in [0.3, 0.4) is 0 Å². The fourth-order valence-electron chi connectivity index (χ4n) is 3.86. The number of nitrogens with two attached hydrogens (primary N) is 1. The van der Waals surface area contributed by atoms with Crippen LogP contribution in [0, 0.1) is 0 Å². The van der Waals surface area contributed by atoms with Gasteiger partial charge in [-0.3, -0.25) is 9.80 Å². The van der Waals surface area contributed by atoms with Crippen LogP contribution in [0.5, 0.6) is 0 Å². The Morgan fingerprint density at radius 3 is 2.95 bits per heavy atom. The number of halogens is 2. The Labute approximate surface area is 140 Å². The summed E-state index contributed by atoms with van der Waals surface area (Å²) in [5.74, 6) is 0. The maximum Gasteiger partial charge on any atom is 0.0485 e. The summed E-state index contributed by atoms with van der Waals surface area (Å²) in [5.41, 5.74) is 7.38. The second kappa shape index (κ2) is 6.55. The van der Waals surface area contributed by atoms with E-state index >= 15 is 0 Å². The Hall–Kier alpha value is -0.130. The molecule has 2 aliphatic rings. The van der Waals surface area contributed by atoms with Gasteiger partial charge in [0.25, 0.3) is 0 Å². The average molecular weight is 373 g/mol. The Kier molecular flexibility index (Phi) is 4.91. The Morgan fingerprint density at radius 2 is 2.24 bits per heavy atom. The number of hydrogen-bond donors (Lipinski definition) is 1. The van der Waals surface area contributed by atoms with Crippen molar-refractivity contribution in [3.05, 3.63) is 33.3 Å². The van der Waals surface area contributed by atoms with Crippen LogP contribution in [0.15, 0.2) is 22.7 Å². The highest BCUT2D eigenvalue weighted by molar-refractivity contribution is 9.10. The zero-order valence-corrected chi connectivity index (χ0v) is 14.8. The molecule has 116 valence electrons. The van der Waals surface area contributed by atoms with Crippen molar-refractivity contribution in [2.45, 2.75) is 37.9 Å². The SMILES string of the molecule is CC1CN2CCCC2CN1C(CN)c1ccc(Cl)cc1Br. The molecular formula is C16H23BrClN3. The Balaban J connectivity index is 1.85. The molecule has 0 aromatic heterocycles. The van der Waals surface area contributed by atoms with Gasteiger partial charge in [-0.15, -0.1) is 0 Å². The number of fused-ring (bicyclic) bond motifs is 1. The lowest BCUT2D eigenvalue weighted by molar-refractivity contribution is 0.0294. The van der Waals surface area contributed by atoms with Crippen molar-refractivity contribution in [2.75, 3.05) is 26.2 Å². The van der Waals surface area contributed by atoms with Crippen LogP contribution in [0.25, 0.3) is 0 Å². The van der Waals surface area contributed by atoms with Crippen molar-refractivity contribution in [3.8, 4) is 0 Å². The third-order valence-corrected chi connectivity index (χ3v) is 5.85. The predicted molar refractivity (Wildman–Crippen MR) is 91.7 cm³/mol. The van der Waals surface area contributed by atoms with Crippen molar-refractivity contribution >= 4 is 27.5 Å². The zero-order valence-electron chi connectivity index (χ0n) is 12.4. The van der Waals surface area contributed by atoms with E-state index in [9.17, 15) is 0 Å². The number of piperazine rings is 1. The maximum absolute atomic E-state index is 6.13. The van der Waals surface area contributed by atoms with Gasteiger partial charge in [-0.2, -0.15) is 0 Å². The number of hydrogen-bond acceptors (Lipinski definition) is 3. The van der Waals surface area contributed by atoms with Crippen LogP contribution in [-0.2, 0) is 0 Å². The van der Waals surface area contributed by atoms with Gasteiger partial charge in [0, 0.05) is 47.3 Å². The molecule has 2 fully saturated rings. The third-order valence-electron chi connectivity index (χ3n) is 4.93. The lowest BCUT2D eigenvalue weighted by atomic mass is 9.99. The van der Waals surface area contributed by atoms with E-state index in [4.69, 9.17) is 17.3 Å². The summed E-state index contributed by atoms with van der Waals surface area (Å²) in [7, 11) is 0. The lowest BCUT2D eigenvalue weighted by Gasteiger charge is -2.46. The summed E-state index contributed by atoms with van der Waals surface area (Å²) in [4.78, 5) is 5.23. The molecule has 5 heteroatoms. The van der Waals surface area contributed by atoms with Crippen molar-refractivity contribution in [2.24, 2.45) is 5.73 Å². The largest absolute Gasteiger partial charge is 0.329 e. The Bertz CT molecular complexity index is 510. The topological polar surface area (TPSA) is 32.5 Å². The first kappa shape index (κ1) is 15.8. The molecular weight excluding hydrogens is 350 g/mol. The van der Waals surface area contributed by atoms with E-state index in [2.05, 4.69) is 38.7 Å². The minimum absolute atomic E-state index is 0.259. The highest BCUT2D eigenvalue weighted by atomic mass is 79.9. The molecule has 3 nitrogen and oxygen atoms in total. The van der Waals surface area contributed by atoms with Crippen LogP contribution in [0.1, 0.15) is 31.4 Å². The molecule has 21 heavy (non-hydrogen) atoms. The van der Waals surface area contributed by atoms with E-state index in [1.807, 2.05) is 12.1 Å². The van der Waals surface area contributed by atoms with Crippen molar-refractivity contribution in [1.82, 2.24) is 9.80 Å². The fraction of sp³-hybridized carbons (Fsp3) is 0.625. The van der Waals surface area contributed by atoms with E-state index in [0.29, 0.717) is 18.6 Å². The van der Waals surface area contributed by atoms with E-state index < -0.39 is 0 Å². The minimum atomic E-state index is 0.259. The van der Waals surface area contributed by atoms with Crippen molar-refractivity contribution < 1.29 is 0 Å². The van der Waals surface area contributed by atoms with E-state index in [1.165, 1.54) is 24.9 Å². The van der Waals surface area contributed by atoms with Gasteiger partial charge >= 0.3 is 0 Å². The molecule has 3 unspecified atom stereocenters. The number of nitrogens with zero attached hydrogens (tertiary/aromatic N) is 2. The molecule has 2 aliphatic heterocycles. The summed E-state index contributed by atoms with van der Waals surface area (Å²) in [5, 5.41) is 0.759. The standard InChI is InChI=1S/C16H23BrClN3/c1-11-9-20-6-2-3-13(20)10-21(11)16(8-19)14-5-4-12(18)7-15(14)17/h4-5,7,11,13,16H,2-3,6,8-10,19H2,1H3. The molecule has 0 saturated carbocycles. The summed E-state index contributed by atoms with van der Waals surface area (Å²) >= 11 is 9.73. The first-order chi connectivity index (χ1) is 10.1. The molecule has 0 radical (unpaired) electrons. The molecule has 0 amide bonds. The smallest absolute Gasteiger partial charge is 0.0485 e. The summed E-state index contributed by atoms with van der Waals surface area (Å²) in [6, 6.07) is 7.54. The van der Waals surface area contributed by atoms with E-state index in [1.54, 1.807) is 0 Å². The summed E-state index contributed by atoms with van der Waals surface area (Å²) in [6.07, 6.45) is 2.66. The molecule has 1 aromatic rings. The van der Waals surface area contributed by atoms with Gasteiger partial charge in [0.2, 0.25) is 0 Å². The van der Waals surface area contributed by atoms with Crippen LogP contribution < -0.4 is 5.73 Å². The summed E-state index contributed by atoms with van der Waals surface area (Å²) < 4.78 is 1.06. The van der Waals surface area contributed by atoms with Crippen molar-refractivity contribution in [1.29, 1.82) is 0 Å². The monoisotopic (exact) mass is 371 g/mol. The number of rotatable bonds is 3. The molecule has 0 bridgehead atoms. The molecule has 3 atom stereocenters. The minimum Gasteiger partial charge on any atom is -0.329 e. The van der Waals surface area contributed by atoms with Gasteiger partial charge < -0.3 is 5.73 Å². The molecule has 2 heterocycles. The third kappa shape index (κ3) is 3.15. The van der Waals surface area contributed by atoms with Gasteiger partial charge in [0.15, 0.2) is 0 Å². The molecule has 2 N–H and O–H groups in total. The van der Waals surface area contributed by atoms with Gasteiger partial charge in [0.05, 0.1) is 0 Å². The highest BCUT2D eigenvalue weighted by Crippen LogP contribution is 2.34. The van der Waals surface area contributed by atoms with Gasteiger partial charge in [-0.1, -0.05) is 33.6 Å². The molecule has 3 rings (SSSR count). The second-order valence-corrected chi connectivity index (χ2v) is 7.54. The lowest BCUT2D eigenvalue weighted by Crippen LogP contribution is -2.56. The fourth-order valence-corrected chi connectivity index (χ4v) is 4.80. The van der Waals surface area contributed by atoms with E-state index in [-0.39, 0.29) is 6.04 Å². The molecule has 0 spiro atoms. The van der Waals surface area contributed by atoms with Gasteiger partial charge in [0.1, 0.15) is 0 Å². The van der Waals surface area contributed by atoms with Crippen LogP contribution in [0.2, 0.25) is 5.02 Å². The van der Waals surface area contributed by atoms with Gasteiger partial charge in [-0.25, -0.2) is 0 Å².